The number of morpholine rings is 1. The Morgan fingerprint density at radius 3 is 2.50 bits per heavy atom. The van der Waals surface area contributed by atoms with Crippen molar-refractivity contribution < 1.29 is 24.1 Å². The number of azide groups is 1. The highest BCUT2D eigenvalue weighted by Crippen LogP contribution is 2.44. The SMILES string of the molecule is [N-]=[N+]=NCc1ccccc1C[C@@]1(C(=O)N2CCOCC2)N=C(c2ccc(OCCCO)cc2)O[C@@H]1c1ccc(Br)cc1. The van der Waals surface area contributed by atoms with Crippen LogP contribution in [0.15, 0.2) is 87.4 Å². The van der Waals surface area contributed by atoms with Crippen LogP contribution in [0.2, 0.25) is 0 Å². The fourth-order valence-electron chi connectivity index (χ4n) is 5.23. The van der Waals surface area contributed by atoms with E-state index in [0.29, 0.717) is 56.5 Å². The second-order valence-corrected chi connectivity index (χ2v) is 11.0. The summed E-state index contributed by atoms with van der Waals surface area (Å²) in [6, 6.07) is 22.7. The molecule has 1 saturated heterocycles. The Morgan fingerprint density at radius 2 is 1.81 bits per heavy atom. The average Bonchev–Trinajstić information content (AvgIpc) is 3.41. The van der Waals surface area contributed by atoms with Crippen molar-refractivity contribution in [1.82, 2.24) is 4.90 Å². The normalized spacial score (nSPS) is 19.9. The number of carbonyl (C=O) groups is 1. The minimum Gasteiger partial charge on any atom is -0.494 e. The first-order valence-electron chi connectivity index (χ1n) is 13.8. The van der Waals surface area contributed by atoms with E-state index < -0.39 is 11.6 Å². The molecule has 11 heteroatoms. The summed E-state index contributed by atoms with van der Waals surface area (Å²) in [4.78, 5) is 24.5. The van der Waals surface area contributed by atoms with Gasteiger partial charge in [0.15, 0.2) is 11.6 Å². The van der Waals surface area contributed by atoms with Gasteiger partial charge in [-0.25, -0.2) is 4.99 Å². The van der Waals surface area contributed by atoms with E-state index in [2.05, 4.69) is 26.0 Å². The summed E-state index contributed by atoms with van der Waals surface area (Å²) < 4.78 is 18.8. The maximum absolute atomic E-state index is 14.6. The Morgan fingerprint density at radius 1 is 1.10 bits per heavy atom. The van der Waals surface area contributed by atoms with Crippen LogP contribution in [0.3, 0.4) is 0 Å². The van der Waals surface area contributed by atoms with Gasteiger partial charge in [0.2, 0.25) is 5.90 Å². The molecule has 3 aromatic rings. The van der Waals surface area contributed by atoms with E-state index in [4.69, 9.17) is 29.8 Å². The molecule has 0 radical (unpaired) electrons. The number of aliphatic imine (C=N–C) groups is 1. The van der Waals surface area contributed by atoms with Gasteiger partial charge in [-0.1, -0.05) is 57.4 Å². The van der Waals surface area contributed by atoms with Crippen LogP contribution in [0.5, 0.6) is 5.75 Å². The molecule has 0 unspecified atom stereocenters. The van der Waals surface area contributed by atoms with Crippen LogP contribution in [-0.2, 0) is 27.2 Å². The number of carbonyl (C=O) groups excluding carboxylic acids is 1. The standard InChI is InChI=1S/C31H32BrN5O5/c32-26-10-6-22(7-11-26)28-31(30(39)37-14-18-40-19-15-37,20-24-4-1-2-5-25(24)21-34-36-33)35-29(42-28)23-8-12-27(13-9-23)41-17-3-16-38/h1-2,4-13,28,38H,3,14-21H2/t28-,31-/m1/s1. The van der Waals surface area contributed by atoms with Crippen molar-refractivity contribution in [3.63, 3.8) is 0 Å². The molecule has 2 aliphatic heterocycles. The molecular formula is C31H32BrN5O5. The average molecular weight is 635 g/mol. The second kappa shape index (κ2) is 13.8. The number of hydrogen-bond acceptors (Lipinski definition) is 7. The van der Waals surface area contributed by atoms with Crippen LogP contribution in [0.25, 0.3) is 10.4 Å². The summed E-state index contributed by atoms with van der Waals surface area (Å²) >= 11 is 3.52. The Labute approximate surface area is 252 Å². The Kier molecular flexibility index (Phi) is 9.76. The molecule has 1 fully saturated rings. The molecule has 3 aromatic carbocycles. The molecular weight excluding hydrogens is 602 g/mol. The van der Waals surface area contributed by atoms with E-state index in [1.165, 1.54) is 0 Å². The zero-order valence-electron chi connectivity index (χ0n) is 23.1. The number of halogens is 1. The highest BCUT2D eigenvalue weighted by molar-refractivity contribution is 9.10. The molecule has 218 valence electrons. The van der Waals surface area contributed by atoms with E-state index >= 15 is 0 Å². The smallest absolute Gasteiger partial charge is 0.255 e. The Hall–Kier alpha value is -3.89. The number of rotatable bonds is 11. The zero-order chi connectivity index (χ0) is 29.4. The van der Waals surface area contributed by atoms with Gasteiger partial charge < -0.3 is 24.2 Å². The largest absolute Gasteiger partial charge is 0.494 e. The fraction of sp³-hybridized carbons (Fsp3) is 0.355. The van der Waals surface area contributed by atoms with Crippen LogP contribution in [0.4, 0.5) is 0 Å². The van der Waals surface area contributed by atoms with Crippen molar-refractivity contribution in [2.24, 2.45) is 10.1 Å². The molecule has 2 aliphatic rings. The third-order valence-corrected chi connectivity index (χ3v) is 7.89. The molecule has 0 bridgehead atoms. The van der Waals surface area contributed by atoms with Gasteiger partial charge in [-0.3, -0.25) is 4.79 Å². The highest BCUT2D eigenvalue weighted by atomic mass is 79.9. The summed E-state index contributed by atoms with van der Waals surface area (Å²) in [6.07, 6.45) is 0.0658. The summed E-state index contributed by atoms with van der Waals surface area (Å²) in [5, 5.41) is 12.8. The number of hydrogen-bond donors (Lipinski definition) is 1. The van der Waals surface area contributed by atoms with Crippen molar-refractivity contribution in [1.29, 1.82) is 0 Å². The van der Waals surface area contributed by atoms with Crippen LogP contribution in [0.1, 0.15) is 34.8 Å². The number of ether oxygens (including phenoxy) is 3. The maximum Gasteiger partial charge on any atom is 0.255 e. The van der Waals surface area contributed by atoms with Gasteiger partial charge in [0, 0.05) is 47.5 Å². The van der Waals surface area contributed by atoms with E-state index in [0.717, 1.165) is 21.2 Å². The zero-order valence-corrected chi connectivity index (χ0v) is 24.6. The Balaban J connectivity index is 1.61. The molecule has 1 N–H and O–H groups in total. The molecule has 42 heavy (non-hydrogen) atoms. The minimum absolute atomic E-state index is 0.0609. The molecule has 0 saturated carbocycles. The lowest BCUT2D eigenvalue weighted by Crippen LogP contribution is -2.54. The lowest BCUT2D eigenvalue weighted by molar-refractivity contribution is -0.143. The number of aliphatic hydroxyl groups is 1. The summed E-state index contributed by atoms with van der Waals surface area (Å²) in [7, 11) is 0. The predicted molar refractivity (Wildman–Crippen MR) is 161 cm³/mol. The summed E-state index contributed by atoms with van der Waals surface area (Å²) in [5.74, 6) is 0.883. The highest BCUT2D eigenvalue weighted by Gasteiger charge is 2.55. The van der Waals surface area contributed by atoms with Crippen LogP contribution in [0, 0.1) is 0 Å². The van der Waals surface area contributed by atoms with Gasteiger partial charge in [-0.15, -0.1) is 0 Å². The van der Waals surface area contributed by atoms with E-state index in [-0.39, 0.29) is 25.5 Å². The third-order valence-electron chi connectivity index (χ3n) is 7.36. The van der Waals surface area contributed by atoms with Gasteiger partial charge in [0.05, 0.1) is 26.4 Å². The molecule has 0 spiro atoms. The van der Waals surface area contributed by atoms with Gasteiger partial charge in [0.1, 0.15) is 5.75 Å². The summed E-state index contributed by atoms with van der Waals surface area (Å²) in [5.41, 5.74) is 10.9. The quantitative estimate of drug-likeness (QED) is 0.131. The van der Waals surface area contributed by atoms with Gasteiger partial charge >= 0.3 is 0 Å². The predicted octanol–water partition coefficient (Wildman–Crippen LogP) is 5.38. The van der Waals surface area contributed by atoms with E-state index in [1.54, 1.807) is 4.90 Å². The van der Waals surface area contributed by atoms with Crippen molar-refractivity contribution >= 4 is 27.7 Å². The molecule has 10 nitrogen and oxygen atoms in total. The van der Waals surface area contributed by atoms with Gasteiger partial charge in [0.25, 0.3) is 5.91 Å². The topological polar surface area (TPSA) is 129 Å². The first kappa shape index (κ1) is 29.6. The summed E-state index contributed by atoms with van der Waals surface area (Å²) in [6.45, 7) is 2.45. The first-order chi connectivity index (χ1) is 20.5. The van der Waals surface area contributed by atoms with Crippen molar-refractivity contribution in [3.05, 3.63) is 110 Å². The molecule has 5 rings (SSSR count). The lowest BCUT2D eigenvalue weighted by Gasteiger charge is -2.37. The van der Waals surface area contributed by atoms with E-state index in [1.807, 2.05) is 72.8 Å². The minimum atomic E-state index is -1.33. The first-order valence-corrected chi connectivity index (χ1v) is 14.6. The van der Waals surface area contributed by atoms with Crippen molar-refractivity contribution in [2.75, 3.05) is 39.5 Å². The molecule has 2 atom stereocenters. The lowest BCUT2D eigenvalue weighted by atomic mass is 9.80. The fourth-order valence-corrected chi connectivity index (χ4v) is 5.49. The monoisotopic (exact) mass is 633 g/mol. The molecule has 2 heterocycles. The molecule has 0 aliphatic carbocycles. The Bertz CT molecular complexity index is 1450. The molecule has 0 aromatic heterocycles. The number of aliphatic hydroxyl groups excluding tert-OH is 1. The number of amides is 1. The van der Waals surface area contributed by atoms with E-state index in [9.17, 15) is 4.79 Å². The van der Waals surface area contributed by atoms with Crippen molar-refractivity contribution in [2.45, 2.75) is 31.0 Å². The van der Waals surface area contributed by atoms with Crippen LogP contribution in [-0.4, -0.2) is 66.9 Å². The van der Waals surface area contributed by atoms with Crippen LogP contribution >= 0.6 is 15.9 Å². The third kappa shape index (κ3) is 6.60. The van der Waals surface area contributed by atoms with Crippen molar-refractivity contribution in [3.8, 4) is 5.75 Å². The second-order valence-electron chi connectivity index (χ2n) is 10.1. The van der Waals surface area contributed by atoms with Gasteiger partial charge in [-0.2, -0.15) is 0 Å². The number of benzene rings is 3. The maximum atomic E-state index is 14.6. The van der Waals surface area contributed by atoms with Crippen LogP contribution < -0.4 is 4.74 Å². The van der Waals surface area contributed by atoms with Gasteiger partial charge in [-0.05, 0) is 58.6 Å². The molecule has 1 amide bonds. The number of nitrogens with zero attached hydrogens (tertiary/aromatic N) is 5.